The standard InChI is InChI=1S/C27H27NO5S/c1-30-24-18-23(29)22(27-16-19-4-2-3-5-26(19)34-27)17-25(24)33-21-8-6-20(7-9-21)32-15-12-28-10-13-31-14-11-28/h2-9,16-18,29H,10-15H2,1H3. The molecular weight excluding hydrogens is 450 g/mol. The number of benzene rings is 3. The van der Waals surface area contributed by atoms with Crippen LogP contribution in [0.25, 0.3) is 20.5 Å². The maximum atomic E-state index is 10.6. The molecule has 0 amide bonds. The first-order chi connectivity index (χ1) is 16.7. The van der Waals surface area contributed by atoms with Crippen molar-refractivity contribution in [2.45, 2.75) is 0 Å². The van der Waals surface area contributed by atoms with Crippen LogP contribution >= 0.6 is 11.3 Å². The van der Waals surface area contributed by atoms with Crippen LogP contribution < -0.4 is 14.2 Å². The fourth-order valence-electron chi connectivity index (χ4n) is 3.95. The monoisotopic (exact) mass is 477 g/mol. The van der Waals surface area contributed by atoms with Gasteiger partial charge in [-0.25, -0.2) is 0 Å². The second kappa shape index (κ2) is 10.3. The number of nitrogens with zero attached hydrogens (tertiary/aromatic N) is 1. The van der Waals surface area contributed by atoms with Gasteiger partial charge in [-0.1, -0.05) is 18.2 Å². The minimum absolute atomic E-state index is 0.153. The van der Waals surface area contributed by atoms with Gasteiger partial charge >= 0.3 is 0 Å². The van der Waals surface area contributed by atoms with Gasteiger partial charge in [-0.2, -0.15) is 0 Å². The summed E-state index contributed by atoms with van der Waals surface area (Å²) in [5.41, 5.74) is 0.708. The zero-order valence-corrected chi connectivity index (χ0v) is 19.8. The molecule has 0 saturated carbocycles. The average molecular weight is 478 g/mol. The Labute approximate surface area is 202 Å². The summed E-state index contributed by atoms with van der Waals surface area (Å²) in [6.45, 7) is 4.99. The van der Waals surface area contributed by atoms with Crippen molar-refractivity contribution in [3.63, 3.8) is 0 Å². The number of fused-ring (bicyclic) bond motifs is 1. The molecule has 1 aliphatic heterocycles. The first-order valence-corrected chi connectivity index (χ1v) is 12.1. The molecule has 0 spiro atoms. The van der Waals surface area contributed by atoms with Crippen molar-refractivity contribution >= 4 is 21.4 Å². The smallest absolute Gasteiger partial charge is 0.170 e. The van der Waals surface area contributed by atoms with Crippen molar-refractivity contribution < 1.29 is 24.1 Å². The van der Waals surface area contributed by atoms with Crippen LogP contribution in [0.3, 0.4) is 0 Å². The molecule has 1 aromatic heterocycles. The number of phenols is 1. The van der Waals surface area contributed by atoms with Crippen LogP contribution in [0.4, 0.5) is 0 Å². The molecule has 5 rings (SSSR count). The summed E-state index contributed by atoms with van der Waals surface area (Å²) in [5, 5.41) is 11.8. The molecule has 4 aromatic rings. The number of hydrogen-bond donors (Lipinski definition) is 1. The van der Waals surface area contributed by atoms with Crippen LogP contribution in [0, 0.1) is 0 Å². The van der Waals surface area contributed by atoms with Gasteiger partial charge in [-0.05, 0) is 47.9 Å². The lowest BCUT2D eigenvalue weighted by atomic mass is 10.1. The van der Waals surface area contributed by atoms with E-state index < -0.39 is 0 Å². The predicted octanol–water partition coefficient (Wildman–Crippen LogP) is 5.79. The quantitative estimate of drug-likeness (QED) is 0.347. The molecule has 6 nitrogen and oxygen atoms in total. The van der Waals surface area contributed by atoms with Crippen LogP contribution in [0.2, 0.25) is 0 Å². The summed E-state index contributed by atoms with van der Waals surface area (Å²) < 4.78 is 24.0. The van der Waals surface area contributed by atoms with Gasteiger partial charge in [-0.3, -0.25) is 4.90 Å². The van der Waals surface area contributed by atoms with Gasteiger partial charge in [-0.15, -0.1) is 11.3 Å². The Hall–Kier alpha value is -3.26. The molecule has 1 N–H and O–H groups in total. The van der Waals surface area contributed by atoms with Gasteiger partial charge in [0.15, 0.2) is 11.5 Å². The second-order valence-electron chi connectivity index (χ2n) is 8.04. The lowest BCUT2D eigenvalue weighted by molar-refractivity contribution is 0.0322. The molecule has 3 aromatic carbocycles. The first kappa shape index (κ1) is 22.5. The van der Waals surface area contributed by atoms with E-state index in [0.29, 0.717) is 29.4 Å². The number of morpholine rings is 1. The summed E-state index contributed by atoms with van der Waals surface area (Å²) >= 11 is 1.63. The van der Waals surface area contributed by atoms with Gasteiger partial charge in [0.25, 0.3) is 0 Å². The highest BCUT2D eigenvalue weighted by Gasteiger charge is 2.16. The lowest BCUT2D eigenvalue weighted by Crippen LogP contribution is -2.38. The molecule has 0 aliphatic carbocycles. The van der Waals surface area contributed by atoms with Crippen molar-refractivity contribution in [2.24, 2.45) is 0 Å². The van der Waals surface area contributed by atoms with E-state index in [-0.39, 0.29) is 5.75 Å². The molecule has 2 heterocycles. The third-order valence-corrected chi connectivity index (χ3v) is 6.95. The Balaban J connectivity index is 1.29. The number of methoxy groups -OCH3 is 1. The van der Waals surface area contributed by atoms with Crippen molar-refractivity contribution in [3.8, 4) is 39.2 Å². The highest BCUT2D eigenvalue weighted by molar-refractivity contribution is 7.22. The third-order valence-electron chi connectivity index (χ3n) is 5.80. The minimum Gasteiger partial charge on any atom is -0.507 e. The number of aromatic hydroxyl groups is 1. The van der Waals surface area contributed by atoms with E-state index in [0.717, 1.165) is 48.9 Å². The zero-order chi connectivity index (χ0) is 23.3. The number of phenolic OH excluding ortho intramolecular Hbond substituents is 1. The van der Waals surface area contributed by atoms with Crippen LogP contribution in [0.5, 0.6) is 28.7 Å². The summed E-state index contributed by atoms with van der Waals surface area (Å²) in [5.74, 6) is 2.61. The molecule has 1 aliphatic rings. The van der Waals surface area contributed by atoms with Gasteiger partial charge in [0.2, 0.25) is 0 Å². The summed E-state index contributed by atoms with van der Waals surface area (Å²) in [6.07, 6.45) is 0. The second-order valence-corrected chi connectivity index (χ2v) is 9.13. The Kier molecular flexibility index (Phi) is 6.85. The number of rotatable bonds is 8. The average Bonchev–Trinajstić information content (AvgIpc) is 3.30. The van der Waals surface area contributed by atoms with E-state index >= 15 is 0 Å². The lowest BCUT2D eigenvalue weighted by Gasteiger charge is -2.26. The number of hydrogen-bond acceptors (Lipinski definition) is 7. The largest absolute Gasteiger partial charge is 0.507 e. The van der Waals surface area contributed by atoms with E-state index in [9.17, 15) is 5.11 Å². The molecule has 1 saturated heterocycles. The molecule has 0 unspecified atom stereocenters. The van der Waals surface area contributed by atoms with Crippen molar-refractivity contribution in [1.29, 1.82) is 0 Å². The Bertz CT molecular complexity index is 1210. The molecule has 34 heavy (non-hydrogen) atoms. The number of ether oxygens (including phenoxy) is 4. The van der Waals surface area contributed by atoms with Crippen LogP contribution in [0.1, 0.15) is 0 Å². The minimum atomic E-state index is 0.153. The van der Waals surface area contributed by atoms with Crippen LogP contribution in [0.15, 0.2) is 66.7 Å². The SMILES string of the molecule is COc1cc(O)c(-c2cc3ccccc3s2)cc1Oc1ccc(OCCN2CCOCC2)cc1. The fraction of sp³-hybridized carbons (Fsp3) is 0.259. The molecule has 1 fully saturated rings. The van der Waals surface area contributed by atoms with Gasteiger partial charge in [0.05, 0.1) is 20.3 Å². The molecule has 176 valence electrons. The van der Waals surface area contributed by atoms with E-state index in [4.69, 9.17) is 18.9 Å². The third kappa shape index (κ3) is 5.12. The van der Waals surface area contributed by atoms with E-state index in [1.54, 1.807) is 24.5 Å². The van der Waals surface area contributed by atoms with Gasteiger partial charge in [0.1, 0.15) is 23.9 Å². The Morgan fingerprint density at radius 3 is 2.47 bits per heavy atom. The van der Waals surface area contributed by atoms with Gasteiger partial charge in [0, 0.05) is 40.8 Å². The van der Waals surface area contributed by atoms with Crippen molar-refractivity contribution in [1.82, 2.24) is 4.90 Å². The highest BCUT2D eigenvalue weighted by atomic mass is 32.1. The Morgan fingerprint density at radius 1 is 0.941 bits per heavy atom. The number of thiophene rings is 1. The summed E-state index contributed by atoms with van der Waals surface area (Å²) in [7, 11) is 1.56. The van der Waals surface area contributed by atoms with Crippen LogP contribution in [-0.4, -0.2) is 56.6 Å². The van der Waals surface area contributed by atoms with E-state index in [1.165, 1.54) is 4.70 Å². The normalized spacial score (nSPS) is 14.3. The Morgan fingerprint density at radius 2 is 1.71 bits per heavy atom. The molecule has 0 bridgehead atoms. The summed E-state index contributed by atoms with van der Waals surface area (Å²) in [6, 6.07) is 21.2. The highest BCUT2D eigenvalue weighted by Crippen LogP contribution is 2.44. The van der Waals surface area contributed by atoms with Crippen molar-refractivity contribution in [3.05, 3.63) is 66.7 Å². The van der Waals surface area contributed by atoms with Crippen LogP contribution in [-0.2, 0) is 4.74 Å². The predicted molar refractivity (Wildman–Crippen MR) is 135 cm³/mol. The topological polar surface area (TPSA) is 60.4 Å². The van der Waals surface area contributed by atoms with E-state index in [1.807, 2.05) is 42.5 Å². The van der Waals surface area contributed by atoms with E-state index in [2.05, 4.69) is 23.1 Å². The van der Waals surface area contributed by atoms with Gasteiger partial charge < -0.3 is 24.1 Å². The first-order valence-electron chi connectivity index (χ1n) is 11.3. The molecule has 7 heteroatoms. The fourth-order valence-corrected chi connectivity index (χ4v) is 5.04. The zero-order valence-electron chi connectivity index (χ0n) is 19.0. The molecule has 0 atom stereocenters. The molecular formula is C27H27NO5S. The maximum absolute atomic E-state index is 10.6. The van der Waals surface area contributed by atoms with Crippen molar-refractivity contribution in [2.75, 3.05) is 46.6 Å². The molecule has 0 radical (unpaired) electrons. The maximum Gasteiger partial charge on any atom is 0.170 e. The summed E-state index contributed by atoms with van der Waals surface area (Å²) in [4.78, 5) is 3.31.